The number of rotatable bonds is 23. The molecule has 0 saturated heterocycles. The maximum Gasteiger partial charge on any atom is 1.00 e. The number of nitrogens with one attached hydrogen (secondary N) is 1. The summed E-state index contributed by atoms with van der Waals surface area (Å²) >= 11 is 0. The molecule has 1 unspecified atom stereocenters. The molecular weight excluding hydrogens is 1320 g/mol. The average Bonchev–Trinajstić information content (AvgIpc) is 0.771. The van der Waals surface area contributed by atoms with E-state index in [1.165, 1.54) is 74.4 Å². The zero-order valence-corrected chi connectivity index (χ0v) is 62.9. The van der Waals surface area contributed by atoms with Crippen molar-refractivity contribution >= 4 is 80.9 Å². The molecule has 0 heterocycles. The number of aryl methyl sites for hydroxylation is 3. The number of nitrogens with zero attached hydrogens (tertiary/aromatic N) is 4. The van der Waals surface area contributed by atoms with Gasteiger partial charge >= 0.3 is 29.6 Å². The second kappa shape index (κ2) is 34.5. The van der Waals surface area contributed by atoms with Crippen molar-refractivity contribution in [3.8, 4) is 5.75 Å². The van der Waals surface area contributed by atoms with E-state index in [-0.39, 0.29) is 51.2 Å². The Labute approximate surface area is 613 Å². The summed E-state index contributed by atoms with van der Waals surface area (Å²) in [5.74, 6) is 0.774. The molecule has 0 bridgehead atoms. The van der Waals surface area contributed by atoms with Gasteiger partial charge in [-0.2, -0.15) is 0 Å². The molecule has 0 aliphatic rings. The minimum Gasteiger partial charge on any atom is -0.748 e. The number of anilines is 7. The van der Waals surface area contributed by atoms with Crippen LogP contribution in [0.5, 0.6) is 5.75 Å². The van der Waals surface area contributed by atoms with Gasteiger partial charge in [0.25, 0.3) is 0 Å². The molecule has 100 heavy (non-hydrogen) atoms. The summed E-state index contributed by atoms with van der Waals surface area (Å²) in [7, 11) is -6.72. The van der Waals surface area contributed by atoms with Crippen LogP contribution < -0.4 is 59.2 Å². The van der Waals surface area contributed by atoms with Crippen LogP contribution in [0.15, 0.2) is 259 Å². The molecule has 11 aromatic carbocycles. The molecule has 11 aromatic rings. The van der Waals surface area contributed by atoms with Gasteiger partial charge in [0.2, 0.25) is 0 Å². The van der Waals surface area contributed by atoms with Crippen molar-refractivity contribution in [2.75, 3.05) is 72.0 Å². The van der Waals surface area contributed by atoms with Crippen LogP contribution in [0.2, 0.25) is 0 Å². The van der Waals surface area contributed by atoms with Gasteiger partial charge in [-0.25, -0.2) is 25.3 Å². The third-order valence-corrected chi connectivity index (χ3v) is 19.0. The fourth-order valence-corrected chi connectivity index (χ4v) is 13.4. The van der Waals surface area contributed by atoms with Crippen LogP contribution in [0.25, 0.3) is 10.8 Å². The number of fused-ring (bicyclic) bond motifs is 1. The van der Waals surface area contributed by atoms with Gasteiger partial charge < -0.3 is 43.3 Å². The molecule has 0 aliphatic carbocycles. The molecule has 19 heteroatoms. The summed E-state index contributed by atoms with van der Waals surface area (Å²) in [5.41, 5.74) is 19.6. The van der Waals surface area contributed by atoms with E-state index in [0.29, 0.717) is 39.0 Å². The fourth-order valence-electron chi connectivity index (χ4n) is 12.3. The fraction of sp³-hybridized carbons (Fsp3) is 0.210. The van der Waals surface area contributed by atoms with Crippen LogP contribution in [0.4, 0.5) is 39.8 Å². The first-order valence-electron chi connectivity index (χ1n) is 32.6. The Bertz CT molecular complexity index is 4750. The first kappa shape index (κ1) is 77.0. The minimum absolute atomic E-state index is 0. The summed E-state index contributed by atoms with van der Waals surface area (Å²) in [5, 5.41) is 6.04. The monoisotopic (exact) mass is 1410 g/mol. The normalized spacial score (nSPS) is 11.7. The Hall–Kier alpha value is -8.79. The number of hydrogen-bond donors (Lipinski definition) is 1. The zero-order valence-electron chi connectivity index (χ0n) is 58.5. The Kier molecular flexibility index (Phi) is 26.6. The third kappa shape index (κ3) is 20.5. The summed E-state index contributed by atoms with van der Waals surface area (Å²) in [6.07, 6.45) is 0.604. The summed E-state index contributed by atoms with van der Waals surface area (Å²) in [6, 6.07) is 83.4. The van der Waals surface area contributed by atoms with E-state index in [1.54, 1.807) is 12.1 Å². The van der Waals surface area contributed by atoms with Crippen molar-refractivity contribution < 1.29 is 73.2 Å². The molecule has 0 amide bonds. The van der Waals surface area contributed by atoms with Crippen LogP contribution in [0.3, 0.4) is 0 Å². The quantitative estimate of drug-likeness (QED) is 0.0359. The van der Waals surface area contributed by atoms with Gasteiger partial charge in [0.1, 0.15) is 26.0 Å². The minimum atomic E-state index is -4.57. The second-order valence-electron chi connectivity index (χ2n) is 24.6. The van der Waals surface area contributed by atoms with E-state index in [1.807, 2.05) is 57.2 Å². The predicted octanol–water partition coefficient (Wildman–Crippen LogP) is 13.8. The van der Waals surface area contributed by atoms with Crippen molar-refractivity contribution in [2.45, 2.75) is 76.3 Å². The van der Waals surface area contributed by atoms with E-state index in [0.717, 1.165) is 67.4 Å². The Morgan fingerprint density at radius 3 is 1.35 bits per heavy atom. The van der Waals surface area contributed by atoms with Crippen LogP contribution in [0, 0.1) is 20.8 Å². The molecule has 0 spiro atoms. The molecule has 0 radical (unpaired) electrons. The zero-order chi connectivity index (χ0) is 71.2. The first-order chi connectivity index (χ1) is 47.2. The van der Waals surface area contributed by atoms with Crippen molar-refractivity contribution in [3.63, 3.8) is 0 Å². The smallest absolute Gasteiger partial charge is 0.748 e. The summed E-state index contributed by atoms with van der Waals surface area (Å²) in [4.78, 5) is 8.27. The Morgan fingerprint density at radius 1 is 0.450 bits per heavy atom. The van der Waals surface area contributed by atoms with Gasteiger partial charge in [0, 0.05) is 105 Å². The van der Waals surface area contributed by atoms with E-state index >= 15 is 0 Å². The molecule has 0 saturated carbocycles. The van der Waals surface area contributed by atoms with Gasteiger partial charge in [0.05, 0.1) is 26.5 Å². The molecule has 15 nitrogen and oxygen atoms in total. The maximum atomic E-state index is 11.7. The number of hydrogen-bond acceptors (Lipinski definition) is 15. The average molecular weight is 1410 g/mol. The number of para-hydroxylation sites is 1. The van der Waals surface area contributed by atoms with Crippen molar-refractivity contribution in [1.82, 2.24) is 0 Å². The van der Waals surface area contributed by atoms with E-state index in [2.05, 4.69) is 243 Å². The van der Waals surface area contributed by atoms with Crippen LogP contribution in [-0.2, 0) is 43.4 Å². The van der Waals surface area contributed by atoms with Crippen molar-refractivity contribution in [2.24, 2.45) is 0 Å². The third-order valence-electron chi connectivity index (χ3n) is 17.3. The van der Waals surface area contributed by atoms with Gasteiger partial charge in [-0.1, -0.05) is 139 Å². The van der Waals surface area contributed by atoms with Crippen molar-refractivity contribution in [1.29, 1.82) is 0 Å². The van der Waals surface area contributed by atoms with Gasteiger partial charge in [-0.15, -0.1) is 0 Å². The molecular formula is C81H84N5NaO10S3-2. The van der Waals surface area contributed by atoms with E-state index in [4.69, 9.17) is 17.7 Å². The van der Waals surface area contributed by atoms with Crippen LogP contribution >= 0.6 is 0 Å². The SMILES string of the molecule is CCOc1ccc(Nc2ccc(C(c3ccc(N(CC)Cc4cccc(S(=O)(=O)[O-])c4)cc3C)c3ccc(N(CC)Cc4cccc(S(=O)(=O)[O-])c4)cc3C)cc2)cc1.CS(=O)(=O)[O-].Cc1ccc(C(c2ccc(N(C)C)cc2)c2c(N(C)c3ccccc3)ccc3ccccc23)cc1.[Na+]. The van der Waals surface area contributed by atoms with Gasteiger partial charge in [-0.05, 0) is 223 Å². The molecule has 11 rings (SSSR count). The molecule has 0 fully saturated rings. The van der Waals surface area contributed by atoms with E-state index < -0.39 is 30.4 Å². The molecule has 1 atom stereocenters. The summed E-state index contributed by atoms with van der Waals surface area (Å²) < 4.78 is 103. The molecule has 1 N–H and O–H groups in total. The maximum absolute atomic E-state index is 11.7. The second-order valence-corrected chi connectivity index (χ2v) is 28.8. The predicted molar refractivity (Wildman–Crippen MR) is 400 cm³/mol. The Morgan fingerprint density at radius 2 is 0.890 bits per heavy atom. The largest absolute Gasteiger partial charge is 1.00 e. The molecule has 0 aliphatic heterocycles. The summed E-state index contributed by atoms with van der Waals surface area (Å²) in [6.45, 7) is 15.2. The Balaban J connectivity index is 0.000000262. The van der Waals surface area contributed by atoms with Gasteiger partial charge in [0.15, 0.2) is 0 Å². The topological polar surface area (TPSA) is 206 Å². The van der Waals surface area contributed by atoms with Crippen LogP contribution in [0.1, 0.15) is 93.8 Å². The molecule has 0 aromatic heterocycles. The van der Waals surface area contributed by atoms with E-state index in [9.17, 15) is 25.9 Å². The van der Waals surface area contributed by atoms with Gasteiger partial charge in [-0.3, -0.25) is 0 Å². The van der Waals surface area contributed by atoms with Crippen LogP contribution in [-0.4, -0.2) is 86.0 Å². The van der Waals surface area contributed by atoms with Crippen molar-refractivity contribution in [3.05, 3.63) is 310 Å². The number of ether oxygens (including phenoxy) is 1. The number of benzene rings is 11. The molecule has 514 valence electrons. The first-order valence-corrected chi connectivity index (χ1v) is 37.3. The standard InChI is InChI=1S/C47H51N3O7S2.C33H32N2.CH4O3S.Na/c1-6-49(31-35-11-9-13-43(29-35)58(51,52)53)40-21-25-45(33(4)27-40)47(37-15-17-38(18-16-37)48-39-19-23-42(24-20-39)57-8-3)46-26-22-41(28-34(46)5)50(7-2)32-36-12-10-14-44(30-36)59(54,55)56;1-24-14-16-26(17-15-24)32(27-18-21-28(22-19-27)34(2)3)33-30-13-9-8-10-25(30)20-23-31(33)35(4)29-11-6-5-7-12-29;1-5(2,3)4;/h9-30,47-48H,6-8,31-32H2,1-5H3,(H,51,52,53)(H,54,55,56);5-23,32H,1-4H3;1H3,(H,2,3,4);/q;;;+1/p-3.